The van der Waals surface area contributed by atoms with Crippen LogP contribution in [0.15, 0.2) is 48.8 Å². The van der Waals surface area contributed by atoms with Gasteiger partial charge in [0, 0.05) is 44.6 Å². The number of aromatic nitrogens is 4. The average Bonchev–Trinajstić information content (AvgIpc) is 3.31. The second-order valence-electron chi connectivity index (χ2n) is 9.95. The van der Waals surface area contributed by atoms with E-state index in [1.807, 2.05) is 71.0 Å². The lowest BCUT2D eigenvalue weighted by atomic mass is 10.0. The number of hydrogen-bond acceptors (Lipinski definition) is 7. The summed E-state index contributed by atoms with van der Waals surface area (Å²) in [6.45, 7) is 12.7. The van der Waals surface area contributed by atoms with Crippen LogP contribution in [0.1, 0.15) is 67.8 Å². The van der Waals surface area contributed by atoms with Gasteiger partial charge < -0.3 is 19.3 Å². The molecule has 3 aromatic heterocycles. The van der Waals surface area contributed by atoms with E-state index in [2.05, 4.69) is 15.1 Å². The smallest absolute Gasteiger partial charge is 0.410 e. The second-order valence-corrected chi connectivity index (χ2v) is 9.95. The van der Waals surface area contributed by atoms with E-state index in [1.165, 1.54) is 0 Å². The number of fused-ring (bicyclic) bond motifs is 3. The summed E-state index contributed by atoms with van der Waals surface area (Å²) in [6, 6.07) is 11.5. The quantitative estimate of drug-likeness (QED) is 0.484. The lowest BCUT2D eigenvalue weighted by Gasteiger charge is -2.31. The fourth-order valence-electron chi connectivity index (χ4n) is 4.25. The molecule has 2 amide bonds. The summed E-state index contributed by atoms with van der Waals surface area (Å²) < 4.78 is 12.2. The molecule has 0 atom stereocenters. The van der Waals surface area contributed by atoms with Gasteiger partial charge in [-0.1, -0.05) is 26.0 Å². The maximum Gasteiger partial charge on any atom is 0.410 e. The van der Waals surface area contributed by atoms with Gasteiger partial charge in [-0.3, -0.25) is 19.4 Å². The summed E-state index contributed by atoms with van der Waals surface area (Å²) >= 11 is 0. The Hall–Kier alpha value is -3.79. The van der Waals surface area contributed by atoms with Crippen molar-refractivity contribution in [3.8, 4) is 0 Å². The lowest BCUT2D eigenvalue weighted by Crippen LogP contribution is -2.42. The van der Waals surface area contributed by atoms with Crippen LogP contribution in [0.4, 0.5) is 4.79 Å². The molecule has 0 aliphatic carbocycles. The minimum Gasteiger partial charge on any atom is -0.444 e. The molecular weight excluding hydrogens is 496 g/mol. The molecule has 0 aromatic carbocycles. The van der Waals surface area contributed by atoms with Crippen molar-refractivity contribution < 1.29 is 19.1 Å². The van der Waals surface area contributed by atoms with Crippen LogP contribution in [0.2, 0.25) is 0 Å². The number of amides is 2. The van der Waals surface area contributed by atoms with Gasteiger partial charge in [0.2, 0.25) is 0 Å². The highest BCUT2D eigenvalue weighted by molar-refractivity contribution is 5.95. The summed E-state index contributed by atoms with van der Waals surface area (Å²) in [4.78, 5) is 37.5. The molecule has 210 valence electrons. The number of rotatable bonds is 4. The van der Waals surface area contributed by atoms with E-state index in [4.69, 9.17) is 9.47 Å². The van der Waals surface area contributed by atoms with Crippen LogP contribution in [0.3, 0.4) is 0 Å². The highest BCUT2D eigenvalue weighted by Crippen LogP contribution is 2.27. The number of methoxy groups -OCH3 is 1. The van der Waals surface area contributed by atoms with Crippen molar-refractivity contribution >= 4 is 12.0 Å². The summed E-state index contributed by atoms with van der Waals surface area (Å²) in [5, 5.41) is 4.63. The Balaban J connectivity index is 0.000000322. The predicted molar refractivity (Wildman–Crippen MR) is 148 cm³/mol. The van der Waals surface area contributed by atoms with Gasteiger partial charge in [0.05, 0.1) is 43.3 Å². The first-order chi connectivity index (χ1) is 18.7. The van der Waals surface area contributed by atoms with Crippen molar-refractivity contribution in [2.24, 2.45) is 0 Å². The summed E-state index contributed by atoms with van der Waals surface area (Å²) in [5.41, 5.74) is 3.61. The number of ether oxygens (including phenoxy) is 2. The van der Waals surface area contributed by atoms with E-state index in [9.17, 15) is 9.59 Å². The number of pyridine rings is 2. The topological polar surface area (TPSA) is 103 Å². The Morgan fingerprint density at radius 3 is 2.23 bits per heavy atom. The number of nitrogens with zero attached hydrogens (tertiary/aromatic N) is 6. The van der Waals surface area contributed by atoms with E-state index in [0.29, 0.717) is 51.4 Å². The fraction of sp³-hybridized carbons (Fsp3) is 0.483. The predicted octanol–water partition coefficient (Wildman–Crippen LogP) is 4.48. The van der Waals surface area contributed by atoms with Crippen LogP contribution in [-0.4, -0.2) is 67.3 Å². The molecule has 5 rings (SSSR count). The van der Waals surface area contributed by atoms with Gasteiger partial charge >= 0.3 is 6.09 Å². The van der Waals surface area contributed by atoms with E-state index in [-0.39, 0.29) is 12.0 Å². The van der Waals surface area contributed by atoms with Gasteiger partial charge in [0.1, 0.15) is 11.3 Å². The van der Waals surface area contributed by atoms with Crippen molar-refractivity contribution in [3.63, 3.8) is 0 Å². The Kier molecular flexibility index (Phi) is 10.6. The molecule has 0 unspecified atom stereocenters. The molecule has 10 heteroatoms. The van der Waals surface area contributed by atoms with E-state index < -0.39 is 5.60 Å². The third kappa shape index (κ3) is 8.10. The van der Waals surface area contributed by atoms with Crippen molar-refractivity contribution in [2.75, 3.05) is 20.2 Å². The minimum atomic E-state index is -0.550. The third-order valence-electron chi connectivity index (χ3n) is 5.92. The van der Waals surface area contributed by atoms with Gasteiger partial charge in [0.15, 0.2) is 0 Å². The maximum atomic E-state index is 13.2. The van der Waals surface area contributed by atoms with Crippen LogP contribution in [0.25, 0.3) is 0 Å². The Morgan fingerprint density at radius 1 is 0.974 bits per heavy atom. The van der Waals surface area contributed by atoms with E-state index >= 15 is 0 Å². The molecule has 0 fully saturated rings. The zero-order valence-electron chi connectivity index (χ0n) is 23.9. The van der Waals surface area contributed by atoms with Crippen molar-refractivity contribution in [2.45, 2.75) is 72.9 Å². The van der Waals surface area contributed by atoms with Crippen molar-refractivity contribution in [3.05, 3.63) is 77.1 Å². The molecule has 39 heavy (non-hydrogen) atoms. The first-order valence-electron chi connectivity index (χ1n) is 13.4. The molecule has 0 radical (unpaired) electrons. The molecule has 5 heterocycles. The largest absolute Gasteiger partial charge is 0.444 e. The molecule has 3 aromatic rings. The van der Waals surface area contributed by atoms with Gasteiger partial charge in [-0.25, -0.2) is 4.79 Å². The summed E-state index contributed by atoms with van der Waals surface area (Å²) in [6.07, 6.45) is 3.76. The highest BCUT2D eigenvalue weighted by Gasteiger charge is 2.35. The Morgan fingerprint density at radius 2 is 1.64 bits per heavy atom. The zero-order chi connectivity index (χ0) is 28.4. The SMILES string of the molecule is CC.CC(C)(C)OC(=O)N1CCc2nn3c(c2C1)C(=O)N(Cc1ccccn1)CC3.COCc1ccccn1. The van der Waals surface area contributed by atoms with Gasteiger partial charge in [-0.2, -0.15) is 5.10 Å². The van der Waals surface area contributed by atoms with E-state index in [1.54, 1.807) is 34.0 Å². The third-order valence-corrected chi connectivity index (χ3v) is 5.92. The van der Waals surface area contributed by atoms with Crippen molar-refractivity contribution in [1.82, 2.24) is 29.5 Å². The first-order valence-corrected chi connectivity index (χ1v) is 13.4. The first kappa shape index (κ1) is 29.8. The normalized spacial score (nSPS) is 14.3. The summed E-state index contributed by atoms with van der Waals surface area (Å²) in [7, 11) is 1.66. The molecule has 2 aliphatic heterocycles. The molecule has 0 bridgehead atoms. The molecule has 10 nitrogen and oxygen atoms in total. The molecule has 0 saturated carbocycles. The highest BCUT2D eigenvalue weighted by atomic mass is 16.6. The lowest BCUT2D eigenvalue weighted by molar-refractivity contribution is 0.0221. The second kappa shape index (κ2) is 13.8. The number of hydrogen-bond donors (Lipinski definition) is 0. The maximum absolute atomic E-state index is 13.2. The standard InChI is InChI=1S/C20H25N5O3.C7H9NO.C2H6/c1-20(2,3)28-19(27)24-9-7-16-15(13-24)17-18(26)23(10-11-25(17)22-16)12-14-6-4-5-8-21-14;1-9-6-7-4-2-3-5-8-7;1-2/h4-6,8H,7,9-13H2,1-3H3;2-5H,6H2,1H3;1-2H3. The Bertz CT molecular complexity index is 1210. The fourth-order valence-corrected chi connectivity index (χ4v) is 4.25. The monoisotopic (exact) mass is 536 g/mol. The number of carbonyl (C=O) groups excluding carboxylic acids is 2. The van der Waals surface area contributed by atoms with Crippen molar-refractivity contribution in [1.29, 1.82) is 0 Å². The molecule has 0 spiro atoms. The van der Waals surface area contributed by atoms with Crippen LogP contribution in [0.5, 0.6) is 0 Å². The van der Waals surface area contributed by atoms with Gasteiger partial charge in [-0.15, -0.1) is 0 Å². The zero-order valence-corrected chi connectivity index (χ0v) is 23.9. The molecule has 2 aliphatic rings. The van der Waals surface area contributed by atoms with Gasteiger partial charge in [-0.05, 0) is 45.0 Å². The minimum absolute atomic E-state index is 0.0586. The van der Waals surface area contributed by atoms with Crippen LogP contribution in [0, 0.1) is 0 Å². The number of carbonyl (C=O) groups is 2. The van der Waals surface area contributed by atoms with Crippen LogP contribution < -0.4 is 0 Å². The van der Waals surface area contributed by atoms with Crippen LogP contribution >= 0.6 is 0 Å². The molecule has 0 N–H and O–H groups in total. The van der Waals surface area contributed by atoms with Gasteiger partial charge in [0.25, 0.3) is 5.91 Å². The molecular formula is C29H40N6O4. The van der Waals surface area contributed by atoms with E-state index in [0.717, 1.165) is 22.6 Å². The molecule has 0 saturated heterocycles. The van der Waals surface area contributed by atoms with Crippen LogP contribution in [-0.2, 0) is 42.1 Å². The summed E-state index contributed by atoms with van der Waals surface area (Å²) in [5.74, 6) is -0.0586. The Labute approximate surface area is 231 Å². The average molecular weight is 537 g/mol.